The molecule has 3 rings (SSSR count). The second kappa shape index (κ2) is 7.76. The minimum atomic E-state index is -1.19. The molecule has 2 amide bonds. The van der Waals surface area contributed by atoms with Gasteiger partial charge in [-0.25, -0.2) is 0 Å². The fourth-order valence-electron chi connectivity index (χ4n) is 4.30. The molecule has 0 radical (unpaired) electrons. The third kappa shape index (κ3) is 4.03. The van der Waals surface area contributed by atoms with Gasteiger partial charge in [0.25, 0.3) is 5.91 Å². The van der Waals surface area contributed by atoms with E-state index >= 15 is 0 Å². The first-order valence-corrected chi connectivity index (χ1v) is 9.39. The number of amides is 2. The summed E-state index contributed by atoms with van der Waals surface area (Å²) in [5.74, 6) is -3.14. The third-order valence-corrected chi connectivity index (χ3v) is 5.85. The summed E-state index contributed by atoms with van der Waals surface area (Å²) in [5, 5.41) is 12.0. The van der Waals surface area contributed by atoms with E-state index in [0.29, 0.717) is 10.8 Å². The number of ether oxygens (including phenoxy) is 1. The second-order valence-corrected chi connectivity index (χ2v) is 7.79. The summed E-state index contributed by atoms with van der Waals surface area (Å²) in [6.45, 7) is 3.36. The molecule has 7 nitrogen and oxygen atoms in total. The maximum absolute atomic E-state index is 12.5. The number of aliphatic carboxylic acids is 1. The number of rotatable bonds is 5. The molecule has 0 unspecified atom stereocenters. The van der Waals surface area contributed by atoms with E-state index in [-0.39, 0.29) is 11.8 Å². The smallest absolute Gasteiger partial charge is 0.279 e. The fourth-order valence-corrected chi connectivity index (χ4v) is 4.53. The molecule has 2 aliphatic rings. The van der Waals surface area contributed by atoms with Gasteiger partial charge in [-0.2, -0.15) is 0 Å². The molecule has 0 saturated heterocycles. The second-order valence-electron chi connectivity index (χ2n) is 7.35. The molecular formula is C19H22ClN2O5-. The van der Waals surface area contributed by atoms with Gasteiger partial charge < -0.3 is 14.6 Å². The van der Waals surface area contributed by atoms with Crippen molar-refractivity contribution in [2.45, 2.75) is 39.2 Å². The van der Waals surface area contributed by atoms with E-state index in [2.05, 4.69) is 10.9 Å². The molecule has 0 heterocycles. The molecule has 1 aromatic rings. The Morgan fingerprint density at radius 1 is 1.19 bits per heavy atom. The van der Waals surface area contributed by atoms with Gasteiger partial charge >= 0.3 is 0 Å². The molecule has 27 heavy (non-hydrogen) atoms. The zero-order valence-corrected chi connectivity index (χ0v) is 15.9. The Morgan fingerprint density at radius 3 is 2.48 bits per heavy atom. The molecule has 0 spiro atoms. The zero-order chi connectivity index (χ0) is 19.7. The Labute approximate surface area is 162 Å². The van der Waals surface area contributed by atoms with Gasteiger partial charge in [0.15, 0.2) is 6.10 Å². The van der Waals surface area contributed by atoms with Crippen LogP contribution in [-0.4, -0.2) is 23.9 Å². The van der Waals surface area contributed by atoms with Gasteiger partial charge in [0.05, 0.1) is 5.92 Å². The molecule has 2 saturated carbocycles. The molecule has 146 valence electrons. The number of benzene rings is 1. The van der Waals surface area contributed by atoms with Crippen LogP contribution in [0.3, 0.4) is 0 Å². The van der Waals surface area contributed by atoms with Crippen LogP contribution < -0.4 is 20.7 Å². The molecule has 2 bridgehead atoms. The summed E-state index contributed by atoms with van der Waals surface area (Å²) in [6.07, 6.45) is 1.50. The van der Waals surface area contributed by atoms with E-state index in [1.165, 1.54) is 0 Å². The lowest BCUT2D eigenvalue weighted by Gasteiger charge is -2.30. The van der Waals surface area contributed by atoms with E-state index in [1.807, 2.05) is 6.92 Å². The highest BCUT2D eigenvalue weighted by Gasteiger charge is 2.51. The SMILES string of the molecule is Cc1cc(Cl)ccc1O[C@H](C)C(=O)NNC(=O)[C@@H]1[C@@H]2CC[C@@H](C2)[C@@H]1C(=O)[O-]. The number of fused-ring (bicyclic) bond motifs is 2. The Balaban J connectivity index is 1.55. The number of carboxylic acid groups (broad SMARTS) is 1. The normalized spacial score (nSPS) is 27.1. The van der Waals surface area contributed by atoms with Crippen LogP contribution in [0.2, 0.25) is 5.02 Å². The van der Waals surface area contributed by atoms with Gasteiger partial charge in [0.2, 0.25) is 5.91 Å². The lowest BCUT2D eigenvalue weighted by atomic mass is 9.79. The minimum absolute atomic E-state index is 0.0124. The first-order valence-electron chi connectivity index (χ1n) is 9.01. The average Bonchev–Trinajstić information content (AvgIpc) is 3.22. The molecule has 1 aromatic carbocycles. The van der Waals surface area contributed by atoms with Crippen molar-refractivity contribution in [1.82, 2.24) is 10.9 Å². The highest BCUT2D eigenvalue weighted by Crippen LogP contribution is 2.52. The number of aryl methyl sites for hydroxylation is 1. The Morgan fingerprint density at radius 2 is 1.85 bits per heavy atom. The van der Waals surface area contributed by atoms with Crippen LogP contribution in [0.1, 0.15) is 31.7 Å². The lowest BCUT2D eigenvalue weighted by Crippen LogP contribution is -2.52. The predicted octanol–water partition coefficient (Wildman–Crippen LogP) is 0.975. The van der Waals surface area contributed by atoms with Crippen molar-refractivity contribution >= 4 is 29.4 Å². The number of carboxylic acids is 1. The molecule has 5 atom stereocenters. The number of hydrazine groups is 1. The standard InChI is InChI=1S/C19H23ClN2O5/c1-9-7-13(20)5-6-14(9)27-10(2)17(23)21-22-18(24)15-11-3-4-12(8-11)16(15)19(25)26/h5-7,10-12,15-16H,3-4,8H2,1-2H3,(H,21,23)(H,22,24)(H,25,26)/p-1/t10-,11-,12+,15-,16+/m1/s1. The summed E-state index contributed by atoms with van der Waals surface area (Å²) in [4.78, 5) is 36.1. The van der Waals surface area contributed by atoms with E-state index in [0.717, 1.165) is 24.8 Å². The van der Waals surface area contributed by atoms with Gasteiger partial charge in [-0.3, -0.25) is 20.4 Å². The number of hydrogen-bond donors (Lipinski definition) is 2. The fraction of sp³-hybridized carbons (Fsp3) is 0.526. The monoisotopic (exact) mass is 393 g/mol. The highest BCUT2D eigenvalue weighted by molar-refractivity contribution is 6.30. The van der Waals surface area contributed by atoms with Gasteiger partial charge in [0, 0.05) is 16.9 Å². The van der Waals surface area contributed by atoms with Gasteiger partial charge in [0.1, 0.15) is 5.75 Å². The molecule has 2 N–H and O–H groups in total. The van der Waals surface area contributed by atoms with Crippen LogP contribution in [0.4, 0.5) is 0 Å². The van der Waals surface area contributed by atoms with Gasteiger partial charge in [-0.05, 0) is 68.7 Å². The van der Waals surface area contributed by atoms with Crippen molar-refractivity contribution in [3.63, 3.8) is 0 Å². The molecule has 0 aromatic heterocycles. The molecule has 8 heteroatoms. The van der Waals surface area contributed by atoms with Gasteiger partial charge in [-0.1, -0.05) is 11.6 Å². The largest absolute Gasteiger partial charge is 0.550 e. The molecule has 0 aliphatic heterocycles. The van der Waals surface area contributed by atoms with E-state index < -0.39 is 35.7 Å². The third-order valence-electron chi connectivity index (χ3n) is 5.61. The highest BCUT2D eigenvalue weighted by atomic mass is 35.5. The van der Waals surface area contributed by atoms with Crippen molar-refractivity contribution in [2.24, 2.45) is 23.7 Å². The van der Waals surface area contributed by atoms with Crippen molar-refractivity contribution in [3.8, 4) is 5.75 Å². The number of nitrogens with one attached hydrogen (secondary N) is 2. The predicted molar refractivity (Wildman–Crippen MR) is 95.4 cm³/mol. The van der Waals surface area contributed by atoms with Crippen LogP contribution in [0.15, 0.2) is 18.2 Å². The van der Waals surface area contributed by atoms with Crippen molar-refractivity contribution < 1.29 is 24.2 Å². The number of carbonyl (C=O) groups is 3. The zero-order valence-electron chi connectivity index (χ0n) is 15.2. The van der Waals surface area contributed by atoms with E-state index in [9.17, 15) is 19.5 Å². The summed E-state index contributed by atoms with van der Waals surface area (Å²) in [7, 11) is 0. The summed E-state index contributed by atoms with van der Waals surface area (Å²) in [6, 6.07) is 5.05. The topological polar surface area (TPSA) is 108 Å². The molecule has 2 fully saturated rings. The van der Waals surface area contributed by atoms with Crippen LogP contribution in [-0.2, 0) is 14.4 Å². The van der Waals surface area contributed by atoms with Crippen LogP contribution in [0, 0.1) is 30.6 Å². The van der Waals surface area contributed by atoms with Crippen LogP contribution >= 0.6 is 11.6 Å². The summed E-state index contributed by atoms with van der Waals surface area (Å²) >= 11 is 5.90. The first kappa shape index (κ1) is 19.5. The Hall–Kier alpha value is -2.28. The maximum Gasteiger partial charge on any atom is 0.279 e. The lowest BCUT2D eigenvalue weighted by molar-refractivity contribution is -0.314. The molecule has 2 aliphatic carbocycles. The minimum Gasteiger partial charge on any atom is -0.550 e. The van der Waals surface area contributed by atoms with E-state index in [1.54, 1.807) is 25.1 Å². The number of hydrogen-bond acceptors (Lipinski definition) is 5. The quantitative estimate of drug-likeness (QED) is 0.725. The first-order chi connectivity index (χ1) is 12.8. The van der Waals surface area contributed by atoms with Gasteiger partial charge in [-0.15, -0.1) is 0 Å². The van der Waals surface area contributed by atoms with Crippen LogP contribution in [0.25, 0.3) is 0 Å². The Kier molecular flexibility index (Phi) is 5.60. The summed E-state index contributed by atoms with van der Waals surface area (Å²) < 4.78 is 5.60. The number of halogens is 1. The van der Waals surface area contributed by atoms with Crippen molar-refractivity contribution in [1.29, 1.82) is 0 Å². The number of carbonyl (C=O) groups excluding carboxylic acids is 3. The summed E-state index contributed by atoms with van der Waals surface area (Å²) in [5.41, 5.74) is 5.46. The van der Waals surface area contributed by atoms with E-state index in [4.69, 9.17) is 16.3 Å². The van der Waals surface area contributed by atoms with Crippen LogP contribution in [0.5, 0.6) is 5.75 Å². The van der Waals surface area contributed by atoms with Crippen molar-refractivity contribution in [2.75, 3.05) is 0 Å². The Bertz CT molecular complexity index is 768. The average molecular weight is 394 g/mol. The van der Waals surface area contributed by atoms with Crippen molar-refractivity contribution in [3.05, 3.63) is 28.8 Å². The molecular weight excluding hydrogens is 372 g/mol. The maximum atomic E-state index is 12.5.